The number of carbonyl (C=O) groups excluding carboxylic acids is 1. The van der Waals surface area contributed by atoms with E-state index in [1.54, 1.807) is 23.1 Å². The van der Waals surface area contributed by atoms with Gasteiger partial charge in [-0.25, -0.2) is 14.8 Å². The largest absolute Gasteiger partial charge is 0.444 e. The van der Waals surface area contributed by atoms with Gasteiger partial charge in [0.2, 0.25) is 5.82 Å². The minimum absolute atomic E-state index is 0.0773. The Morgan fingerprint density at radius 1 is 1.17 bits per heavy atom. The van der Waals surface area contributed by atoms with E-state index in [0.29, 0.717) is 42.8 Å². The van der Waals surface area contributed by atoms with Crippen molar-refractivity contribution in [2.75, 3.05) is 36.4 Å². The number of carbonyl (C=O) groups is 1. The molecule has 1 saturated heterocycles. The first-order valence-electron chi connectivity index (χ1n) is 9.28. The monoisotopic (exact) mass is 414 g/mol. The fourth-order valence-corrected chi connectivity index (χ4v) is 2.96. The van der Waals surface area contributed by atoms with Gasteiger partial charge >= 0.3 is 6.09 Å². The van der Waals surface area contributed by atoms with Crippen LogP contribution in [0.5, 0.6) is 0 Å². The van der Waals surface area contributed by atoms with Crippen LogP contribution in [0.4, 0.5) is 22.1 Å². The number of halogens is 1. The summed E-state index contributed by atoms with van der Waals surface area (Å²) in [5.74, 6) is 1.23. The molecule has 0 atom stereocenters. The minimum atomic E-state index is -0.523. The van der Waals surface area contributed by atoms with Crippen LogP contribution in [0.1, 0.15) is 26.6 Å². The Labute approximate surface area is 175 Å². The Morgan fingerprint density at radius 3 is 2.41 bits per heavy atom. The molecule has 2 aromatic rings. The van der Waals surface area contributed by atoms with Gasteiger partial charge in [-0.05, 0) is 45.0 Å². The third-order valence-corrected chi connectivity index (χ3v) is 4.44. The predicted molar refractivity (Wildman–Crippen MR) is 112 cm³/mol. The van der Waals surface area contributed by atoms with E-state index in [-0.39, 0.29) is 11.9 Å². The van der Waals surface area contributed by atoms with E-state index in [0.717, 1.165) is 5.69 Å². The summed E-state index contributed by atoms with van der Waals surface area (Å²) >= 11 is 5.92. The number of anilines is 3. The van der Waals surface area contributed by atoms with E-state index in [2.05, 4.69) is 15.3 Å². The van der Waals surface area contributed by atoms with Crippen molar-refractivity contribution in [3.05, 3.63) is 41.2 Å². The molecule has 1 fully saturated rings. The van der Waals surface area contributed by atoms with Crippen molar-refractivity contribution >= 4 is 35.0 Å². The first-order valence-corrected chi connectivity index (χ1v) is 9.66. The number of hydrogen-bond acceptors (Lipinski definition) is 7. The molecule has 0 spiro atoms. The van der Waals surface area contributed by atoms with Gasteiger partial charge in [0.1, 0.15) is 23.3 Å². The zero-order valence-corrected chi connectivity index (χ0v) is 17.4. The van der Waals surface area contributed by atoms with Gasteiger partial charge in [0.25, 0.3) is 0 Å². The standard InChI is InChI=1S/C20H23ClN6O2/c1-20(2,3)29-19(28)27-10-8-26(9-11-27)18-12-16(24-17(13-22)25-18)23-15-6-4-14(21)5-7-15/h4-7,12H,8-11H2,1-3H3,(H,23,24,25). The van der Waals surface area contributed by atoms with Crippen molar-refractivity contribution in [2.24, 2.45) is 0 Å². The highest BCUT2D eigenvalue weighted by molar-refractivity contribution is 6.30. The van der Waals surface area contributed by atoms with Crippen LogP contribution < -0.4 is 10.2 Å². The van der Waals surface area contributed by atoms with E-state index in [9.17, 15) is 10.1 Å². The number of aromatic nitrogens is 2. The van der Waals surface area contributed by atoms with Crippen LogP contribution >= 0.6 is 11.6 Å². The molecule has 0 aliphatic carbocycles. The molecule has 0 unspecified atom stereocenters. The molecule has 9 heteroatoms. The second kappa shape index (κ2) is 8.53. The highest BCUT2D eigenvalue weighted by Crippen LogP contribution is 2.22. The molecule has 1 N–H and O–H groups in total. The quantitative estimate of drug-likeness (QED) is 0.816. The maximum Gasteiger partial charge on any atom is 0.410 e. The van der Waals surface area contributed by atoms with Crippen LogP contribution in [0, 0.1) is 11.3 Å². The van der Waals surface area contributed by atoms with Crippen molar-refractivity contribution in [1.29, 1.82) is 5.26 Å². The number of nitriles is 1. The van der Waals surface area contributed by atoms with Crippen LogP contribution in [-0.2, 0) is 4.74 Å². The number of amides is 1. The highest BCUT2D eigenvalue weighted by atomic mass is 35.5. The van der Waals surface area contributed by atoms with Crippen molar-refractivity contribution < 1.29 is 9.53 Å². The van der Waals surface area contributed by atoms with Crippen molar-refractivity contribution in [1.82, 2.24) is 14.9 Å². The van der Waals surface area contributed by atoms with E-state index in [4.69, 9.17) is 16.3 Å². The number of ether oxygens (including phenoxy) is 1. The Kier molecular flexibility index (Phi) is 6.09. The molecule has 3 rings (SSSR count). The molecule has 0 radical (unpaired) electrons. The number of hydrogen-bond donors (Lipinski definition) is 1. The summed E-state index contributed by atoms with van der Waals surface area (Å²) in [7, 11) is 0. The van der Waals surface area contributed by atoms with Crippen LogP contribution in [0.25, 0.3) is 0 Å². The van der Waals surface area contributed by atoms with Gasteiger partial charge in [-0.15, -0.1) is 0 Å². The average molecular weight is 415 g/mol. The SMILES string of the molecule is CC(C)(C)OC(=O)N1CCN(c2cc(Nc3ccc(Cl)cc3)nc(C#N)n2)CC1. The number of piperazine rings is 1. The zero-order valence-electron chi connectivity index (χ0n) is 16.6. The van der Waals surface area contributed by atoms with Gasteiger partial charge in [0.05, 0.1) is 0 Å². The summed E-state index contributed by atoms with van der Waals surface area (Å²) in [5.41, 5.74) is 0.280. The third-order valence-electron chi connectivity index (χ3n) is 4.18. The second-order valence-corrected chi connectivity index (χ2v) is 8.07. The van der Waals surface area contributed by atoms with Gasteiger partial charge in [0.15, 0.2) is 0 Å². The van der Waals surface area contributed by atoms with Crippen molar-refractivity contribution in [2.45, 2.75) is 26.4 Å². The molecule has 0 saturated carbocycles. The van der Waals surface area contributed by atoms with E-state index < -0.39 is 5.60 Å². The minimum Gasteiger partial charge on any atom is -0.444 e. The molecular weight excluding hydrogens is 392 g/mol. The molecule has 0 bridgehead atoms. The topological polar surface area (TPSA) is 94.4 Å². The van der Waals surface area contributed by atoms with Crippen LogP contribution in [0.2, 0.25) is 5.02 Å². The lowest BCUT2D eigenvalue weighted by molar-refractivity contribution is 0.0240. The fourth-order valence-electron chi connectivity index (χ4n) is 2.84. The molecule has 152 valence electrons. The Morgan fingerprint density at radius 2 is 1.83 bits per heavy atom. The fraction of sp³-hybridized carbons (Fsp3) is 0.400. The molecule has 1 aliphatic rings. The molecular formula is C20H23ClN6O2. The van der Waals surface area contributed by atoms with E-state index in [1.807, 2.05) is 43.9 Å². The smallest absolute Gasteiger partial charge is 0.410 e. The first kappa shape index (κ1) is 20.7. The lowest BCUT2D eigenvalue weighted by atomic mass is 10.2. The molecule has 2 heterocycles. The molecule has 1 aromatic carbocycles. The summed E-state index contributed by atoms with van der Waals surface area (Å²) in [6.45, 7) is 7.74. The number of nitrogens with zero attached hydrogens (tertiary/aromatic N) is 5. The first-order chi connectivity index (χ1) is 13.7. The zero-order chi connectivity index (χ0) is 21.0. The average Bonchev–Trinajstić information content (AvgIpc) is 2.68. The van der Waals surface area contributed by atoms with Crippen molar-refractivity contribution in [3.63, 3.8) is 0 Å². The van der Waals surface area contributed by atoms with Crippen molar-refractivity contribution in [3.8, 4) is 6.07 Å². The molecule has 1 aliphatic heterocycles. The Bertz CT molecular complexity index is 912. The maximum atomic E-state index is 12.2. The van der Waals surface area contributed by atoms with Gasteiger partial charge in [-0.1, -0.05) is 11.6 Å². The summed E-state index contributed by atoms with van der Waals surface area (Å²) in [5, 5.41) is 13.1. The lowest BCUT2D eigenvalue weighted by Gasteiger charge is -2.36. The van der Waals surface area contributed by atoms with Gasteiger partial charge < -0.3 is 19.9 Å². The Hall–Kier alpha value is -3.05. The number of benzene rings is 1. The van der Waals surface area contributed by atoms with E-state index >= 15 is 0 Å². The summed E-state index contributed by atoms with van der Waals surface area (Å²) in [4.78, 5) is 24.5. The van der Waals surface area contributed by atoms with E-state index in [1.165, 1.54) is 0 Å². The third kappa shape index (κ3) is 5.72. The predicted octanol–water partition coefficient (Wildman–Crippen LogP) is 3.80. The molecule has 29 heavy (non-hydrogen) atoms. The van der Waals surface area contributed by atoms with Crippen LogP contribution in [-0.4, -0.2) is 52.7 Å². The second-order valence-electron chi connectivity index (χ2n) is 7.63. The lowest BCUT2D eigenvalue weighted by Crippen LogP contribution is -2.50. The number of rotatable bonds is 3. The normalized spacial score (nSPS) is 14.3. The summed E-state index contributed by atoms with van der Waals surface area (Å²) < 4.78 is 5.43. The number of nitrogens with one attached hydrogen (secondary N) is 1. The van der Waals surface area contributed by atoms with Gasteiger partial charge in [-0.3, -0.25) is 0 Å². The summed E-state index contributed by atoms with van der Waals surface area (Å²) in [6, 6.07) is 11.0. The summed E-state index contributed by atoms with van der Waals surface area (Å²) in [6.07, 6.45) is -0.317. The molecule has 1 amide bonds. The highest BCUT2D eigenvalue weighted by Gasteiger charge is 2.26. The van der Waals surface area contributed by atoms with Gasteiger partial charge in [-0.2, -0.15) is 5.26 Å². The maximum absolute atomic E-state index is 12.2. The van der Waals surface area contributed by atoms with Crippen LogP contribution in [0.15, 0.2) is 30.3 Å². The van der Waals surface area contributed by atoms with Crippen LogP contribution in [0.3, 0.4) is 0 Å². The van der Waals surface area contributed by atoms with Gasteiger partial charge in [0, 0.05) is 43.0 Å². The Balaban J connectivity index is 1.70. The molecule has 8 nitrogen and oxygen atoms in total. The molecule has 1 aromatic heterocycles.